The van der Waals surface area contributed by atoms with Crippen LogP contribution in [0.3, 0.4) is 0 Å². The monoisotopic (exact) mass is 397 g/mol. The summed E-state index contributed by atoms with van der Waals surface area (Å²) in [6, 6.07) is 23.3. The second-order valence-corrected chi connectivity index (χ2v) is 7.32. The second-order valence-electron chi connectivity index (χ2n) is 7.32. The predicted octanol–water partition coefficient (Wildman–Crippen LogP) is 4.82. The van der Waals surface area contributed by atoms with Crippen molar-refractivity contribution in [3.05, 3.63) is 90.3 Å². The van der Waals surface area contributed by atoms with Gasteiger partial charge < -0.3 is 10.2 Å². The van der Waals surface area contributed by atoms with Crippen molar-refractivity contribution in [3.8, 4) is 0 Å². The lowest BCUT2D eigenvalue weighted by Gasteiger charge is -2.26. The summed E-state index contributed by atoms with van der Waals surface area (Å²) in [7, 11) is 0. The number of nitrogens with one attached hydrogen (secondary N) is 1. The second kappa shape index (κ2) is 8.69. The Morgan fingerprint density at radius 1 is 0.933 bits per heavy atom. The van der Waals surface area contributed by atoms with Crippen LogP contribution in [0.2, 0.25) is 0 Å². The summed E-state index contributed by atoms with van der Waals surface area (Å²) in [6.45, 7) is 4.52. The third-order valence-electron chi connectivity index (χ3n) is 4.86. The summed E-state index contributed by atoms with van der Waals surface area (Å²) >= 11 is 0. The minimum atomic E-state index is -0.139. The number of carbonyl (C=O) groups is 1. The zero-order valence-corrected chi connectivity index (χ0v) is 17.0. The van der Waals surface area contributed by atoms with Crippen LogP contribution in [0.4, 0.5) is 11.5 Å². The highest BCUT2D eigenvalue weighted by molar-refractivity contribution is 5.93. The number of benzene rings is 2. The van der Waals surface area contributed by atoms with Gasteiger partial charge in [-0.3, -0.25) is 9.78 Å². The van der Waals surface area contributed by atoms with Gasteiger partial charge in [0, 0.05) is 24.2 Å². The molecule has 0 aliphatic carbocycles. The molecule has 6 heteroatoms. The third-order valence-corrected chi connectivity index (χ3v) is 4.86. The third kappa shape index (κ3) is 4.27. The molecule has 30 heavy (non-hydrogen) atoms. The van der Waals surface area contributed by atoms with Crippen LogP contribution < -0.4 is 5.32 Å². The maximum atomic E-state index is 13.0. The van der Waals surface area contributed by atoms with Crippen LogP contribution in [0, 0.1) is 0 Å². The zero-order valence-electron chi connectivity index (χ0n) is 17.0. The van der Waals surface area contributed by atoms with Crippen molar-refractivity contribution >= 4 is 28.3 Å². The number of carbonyl (C=O) groups excluding carboxylic acids is 1. The van der Waals surface area contributed by atoms with Gasteiger partial charge in [-0.1, -0.05) is 48.5 Å². The van der Waals surface area contributed by atoms with Gasteiger partial charge in [-0.2, -0.15) is 0 Å². The Morgan fingerprint density at radius 2 is 1.73 bits per heavy atom. The number of anilines is 2. The summed E-state index contributed by atoms with van der Waals surface area (Å²) in [5, 5.41) is 12.7. The molecule has 0 unspecified atom stereocenters. The van der Waals surface area contributed by atoms with Crippen LogP contribution in [0.5, 0.6) is 0 Å². The molecule has 2 aromatic heterocycles. The molecule has 1 amide bonds. The molecular weight excluding hydrogens is 374 g/mol. The van der Waals surface area contributed by atoms with Crippen LogP contribution in [-0.4, -0.2) is 32.0 Å². The van der Waals surface area contributed by atoms with Crippen LogP contribution in [0.25, 0.3) is 10.9 Å². The van der Waals surface area contributed by atoms with Crippen LogP contribution in [0.1, 0.15) is 29.9 Å². The first-order valence-corrected chi connectivity index (χ1v) is 9.91. The number of hydrogen-bond donors (Lipinski definition) is 1. The summed E-state index contributed by atoms with van der Waals surface area (Å²) in [6.07, 6.45) is 1.76. The highest BCUT2D eigenvalue weighted by atomic mass is 16.2. The number of fused-ring (bicyclic) bond motifs is 1. The minimum Gasteiger partial charge on any atom is -0.337 e. The van der Waals surface area contributed by atoms with E-state index in [9.17, 15) is 4.79 Å². The van der Waals surface area contributed by atoms with E-state index in [1.54, 1.807) is 23.2 Å². The molecule has 0 saturated heterocycles. The van der Waals surface area contributed by atoms with E-state index in [1.807, 2.05) is 74.5 Å². The number of amides is 1. The van der Waals surface area contributed by atoms with Crippen molar-refractivity contribution in [2.24, 2.45) is 0 Å². The Balaban J connectivity index is 1.52. The van der Waals surface area contributed by atoms with Gasteiger partial charge in [-0.05, 0) is 43.7 Å². The molecule has 0 radical (unpaired) electrons. The van der Waals surface area contributed by atoms with Gasteiger partial charge in [0.25, 0.3) is 5.91 Å². The van der Waals surface area contributed by atoms with Crippen molar-refractivity contribution in [2.45, 2.75) is 26.4 Å². The Bertz CT molecular complexity index is 1140. The van der Waals surface area contributed by atoms with E-state index in [4.69, 9.17) is 0 Å². The van der Waals surface area contributed by atoms with E-state index in [0.29, 0.717) is 18.1 Å². The zero-order chi connectivity index (χ0) is 20.9. The molecule has 150 valence electrons. The molecule has 1 N–H and O–H groups in total. The highest BCUT2D eigenvalue weighted by Crippen LogP contribution is 2.23. The van der Waals surface area contributed by atoms with Crippen LogP contribution in [0.15, 0.2) is 79.0 Å². The Hall–Kier alpha value is -3.80. The maximum absolute atomic E-state index is 13.0. The number of rotatable bonds is 6. The lowest BCUT2D eigenvalue weighted by molar-refractivity contribution is 0.0683. The largest absolute Gasteiger partial charge is 0.337 e. The minimum absolute atomic E-state index is 0.0408. The SMILES string of the molecule is CC(C)N(Cc1ccccc1)C(=O)c1ccc(Nc2cccc3cccnc23)nn1. The molecule has 0 fully saturated rings. The topological polar surface area (TPSA) is 71.0 Å². The van der Waals surface area contributed by atoms with Crippen molar-refractivity contribution in [1.82, 2.24) is 20.1 Å². The van der Waals surface area contributed by atoms with E-state index in [-0.39, 0.29) is 11.9 Å². The Kier molecular flexibility index (Phi) is 5.66. The summed E-state index contributed by atoms with van der Waals surface area (Å²) in [5.41, 5.74) is 3.10. The lowest BCUT2D eigenvalue weighted by Crippen LogP contribution is -2.37. The van der Waals surface area contributed by atoms with Crippen LogP contribution >= 0.6 is 0 Å². The van der Waals surface area contributed by atoms with Crippen molar-refractivity contribution in [1.29, 1.82) is 0 Å². The smallest absolute Gasteiger partial charge is 0.274 e. The normalized spacial score (nSPS) is 10.9. The van der Waals surface area contributed by atoms with E-state index >= 15 is 0 Å². The molecule has 0 bridgehead atoms. The van der Waals surface area contributed by atoms with Gasteiger partial charge in [-0.25, -0.2) is 0 Å². The summed E-state index contributed by atoms with van der Waals surface area (Å²) in [5.74, 6) is 0.420. The van der Waals surface area contributed by atoms with Crippen molar-refractivity contribution < 1.29 is 4.79 Å². The first-order chi connectivity index (χ1) is 14.6. The standard InChI is InChI=1S/C24H23N5O/c1-17(2)29(16-18-8-4-3-5-9-18)24(30)21-13-14-22(28-27-21)26-20-12-6-10-19-11-7-15-25-23(19)20/h3-15,17H,16H2,1-2H3,(H,26,28). The van der Waals surface area contributed by atoms with E-state index in [1.165, 1.54) is 0 Å². The molecule has 0 saturated carbocycles. The first-order valence-electron chi connectivity index (χ1n) is 9.91. The van der Waals surface area contributed by atoms with Gasteiger partial charge in [0.05, 0.1) is 11.2 Å². The van der Waals surface area contributed by atoms with Gasteiger partial charge in [0.15, 0.2) is 11.5 Å². The molecule has 6 nitrogen and oxygen atoms in total. The van der Waals surface area contributed by atoms with Crippen molar-refractivity contribution in [2.75, 3.05) is 5.32 Å². The lowest BCUT2D eigenvalue weighted by atomic mass is 10.1. The number of aromatic nitrogens is 3. The number of para-hydroxylation sites is 1. The number of nitrogens with zero attached hydrogens (tertiary/aromatic N) is 4. The molecule has 4 aromatic rings. The molecule has 0 spiro atoms. The Morgan fingerprint density at radius 3 is 2.47 bits per heavy atom. The first kappa shape index (κ1) is 19.5. The van der Waals surface area contributed by atoms with E-state index in [2.05, 4.69) is 20.5 Å². The summed E-state index contributed by atoms with van der Waals surface area (Å²) in [4.78, 5) is 19.3. The van der Waals surface area contributed by atoms with Gasteiger partial charge in [0.1, 0.15) is 0 Å². The quantitative estimate of drug-likeness (QED) is 0.505. The average molecular weight is 397 g/mol. The van der Waals surface area contributed by atoms with Gasteiger partial charge in [0.2, 0.25) is 0 Å². The maximum Gasteiger partial charge on any atom is 0.274 e. The number of pyridine rings is 1. The van der Waals surface area contributed by atoms with Gasteiger partial charge in [-0.15, -0.1) is 10.2 Å². The fourth-order valence-electron chi connectivity index (χ4n) is 3.27. The molecular formula is C24H23N5O. The van der Waals surface area contributed by atoms with E-state index < -0.39 is 0 Å². The highest BCUT2D eigenvalue weighted by Gasteiger charge is 2.20. The Labute approximate surface area is 175 Å². The fourth-order valence-corrected chi connectivity index (χ4v) is 3.27. The molecule has 0 aliphatic rings. The molecule has 0 aliphatic heterocycles. The van der Waals surface area contributed by atoms with Crippen molar-refractivity contribution in [3.63, 3.8) is 0 Å². The number of hydrogen-bond acceptors (Lipinski definition) is 5. The average Bonchev–Trinajstić information content (AvgIpc) is 2.78. The molecule has 4 rings (SSSR count). The molecule has 2 heterocycles. The molecule has 0 atom stereocenters. The van der Waals surface area contributed by atoms with Gasteiger partial charge >= 0.3 is 0 Å². The summed E-state index contributed by atoms with van der Waals surface area (Å²) < 4.78 is 0. The van der Waals surface area contributed by atoms with E-state index in [0.717, 1.165) is 22.2 Å². The fraction of sp³-hybridized carbons (Fsp3) is 0.167. The predicted molar refractivity (Wildman–Crippen MR) is 119 cm³/mol. The van der Waals surface area contributed by atoms with Crippen LogP contribution in [-0.2, 0) is 6.54 Å². The molecule has 2 aromatic carbocycles.